The Balaban J connectivity index is 2.95. The Hall–Kier alpha value is -2.47. The van der Waals surface area contributed by atoms with E-state index in [1.807, 2.05) is 37.3 Å². The van der Waals surface area contributed by atoms with Crippen molar-refractivity contribution < 1.29 is 24.3 Å². The van der Waals surface area contributed by atoms with Crippen LogP contribution in [-0.4, -0.2) is 35.5 Å². The first-order valence-corrected chi connectivity index (χ1v) is 8.29. The first-order valence-electron chi connectivity index (χ1n) is 8.29. The van der Waals surface area contributed by atoms with Gasteiger partial charge in [0.2, 0.25) is 0 Å². The van der Waals surface area contributed by atoms with Crippen molar-refractivity contribution >= 4 is 17.7 Å². The normalized spacial score (nSPS) is 14.2. The van der Waals surface area contributed by atoms with Gasteiger partial charge in [-0.2, -0.15) is 0 Å². The summed E-state index contributed by atoms with van der Waals surface area (Å²) in [6, 6.07) is 9.43. The summed E-state index contributed by atoms with van der Waals surface area (Å²) in [5.41, 5.74) is 1.25. The van der Waals surface area contributed by atoms with E-state index >= 15 is 0 Å². The second-order valence-electron chi connectivity index (χ2n) is 5.46. The fourth-order valence-electron chi connectivity index (χ4n) is 2.22. The molecule has 6 heteroatoms. The quantitative estimate of drug-likeness (QED) is 0.244. The van der Waals surface area contributed by atoms with E-state index in [0.29, 0.717) is 18.6 Å². The molecule has 0 amide bonds. The van der Waals surface area contributed by atoms with Gasteiger partial charge in [-0.1, -0.05) is 48.5 Å². The van der Waals surface area contributed by atoms with Crippen molar-refractivity contribution in [1.82, 2.24) is 0 Å². The highest BCUT2D eigenvalue weighted by molar-refractivity contribution is 5.91. The highest BCUT2D eigenvalue weighted by atomic mass is 16.7. The van der Waals surface area contributed by atoms with Gasteiger partial charge in [0.25, 0.3) is 0 Å². The number of hydrogen-bond acceptors (Lipinski definition) is 6. The SMILES string of the molecule is CCOC(=O)/C=C/[C@@H](CC)[C@@H](O)/C(Cc1ccccc1)=N/OC(C)=O. The van der Waals surface area contributed by atoms with Crippen LogP contribution in [0.2, 0.25) is 0 Å². The second kappa shape index (κ2) is 11.1. The van der Waals surface area contributed by atoms with Crippen molar-refractivity contribution in [2.24, 2.45) is 11.1 Å². The maximum absolute atomic E-state index is 11.5. The lowest BCUT2D eigenvalue weighted by molar-refractivity contribution is -0.141. The second-order valence-corrected chi connectivity index (χ2v) is 5.46. The number of carbonyl (C=O) groups excluding carboxylic acids is 2. The Labute approximate surface area is 148 Å². The number of carbonyl (C=O) groups is 2. The smallest absolute Gasteiger partial charge is 0.331 e. The third-order valence-electron chi connectivity index (χ3n) is 3.50. The van der Waals surface area contributed by atoms with Crippen LogP contribution in [0, 0.1) is 5.92 Å². The monoisotopic (exact) mass is 347 g/mol. The van der Waals surface area contributed by atoms with E-state index in [4.69, 9.17) is 9.57 Å². The van der Waals surface area contributed by atoms with Crippen molar-refractivity contribution in [3.63, 3.8) is 0 Å². The molecule has 0 aliphatic carbocycles. The van der Waals surface area contributed by atoms with Crippen LogP contribution in [0.1, 0.15) is 32.8 Å². The zero-order valence-corrected chi connectivity index (χ0v) is 14.8. The van der Waals surface area contributed by atoms with Crippen LogP contribution in [-0.2, 0) is 25.6 Å². The number of hydrogen-bond donors (Lipinski definition) is 1. The molecule has 0 unspecified atom stereocenters. The van der Waals surface area contributed by atoms with E-state index < -0.39 is 18.0 Å². The van der Waals surface area contributed by atoms with Gasteiger partial charge >= 0.3 is 11.9 Å². The van der Waals surface area contributed by atoms with Crippen molar-refractivity contribution in [1.29, 1.82) is 0 Å². The molecule has 0 aliphatic rings. The van der Waals surface area contributed by atoms with Crippen LogP contribution in [0.25, 0.3) is 0 Å². The van der Waals surface area contributed by atoms with E-state index in [0.717, 1.165) is 5.56 Å². The number of aliphatic hydroxyl groups is 1. The molecule has 2 atom stereocenters. The van der Waals surface area contributed by atoms with E-state index in [1.54, 1.807) is 13.0 Å². The highest BCUT2D eigenvalue weighted by Gasteiger charge is 2.22. The van der Waals surface area contributed by atoms with Gasteiger partial charge in [0.1, 0.15) is 6.10 Å². The molecular weight excluding hydrogens is 322 g/mol. The fraction of sp³-hybridized carbons (Fsp3) is 0.421. The van der Waals surface area contributed by atoms with E-state index in [-0.39, 0.29) is 12.5 Å². The summed E-state index contributed by atoms with van der Waals surface area (Å²) >= 11 is 0. The molecule has 0 heterocycles. The van der Waals surface area contributed by atoms with Gasteiger partial charge in [-0.15, -0.1) is 0 Å². The minimum atomic E-state index is -0.991. The molecule has 136 valence electrons. The third kappa shape index (κ3) is 7.76. The third-order valence-corrected chi connectivity index (χ3v) is 3.50. The molecule has 6 nitrogen and oxygen atoms in total. The predicted molar refractivity (Wildman–Crippen MR) is 94.9 cm³/mol. The minimum Gasteiger partial charge on any atom is -0.463 e. The van der Waals surface area contributed by atoms with Crippen LogP contribution < -0.4 is 0 Å². The summed E-state index contributed by atoms with van der Waals surface area (Å²) in [7, 11) is 0. The molecule has 0 bridgehead atoms. The number of oxime groups is 1. The van der Waals surface area contributed by atoms with Crippen LogP contribution in [0.4, 0.5) is 0 Å². The minimum absolute atomic E-state index is 0.287. The van der Waals surface area contributed by atoms with Crippen LogP contribution >= 0.6 is 0 Å². The zero-order valence-electron chi connectivity index (χ0n) is 14.8. The number of esters is 1. The molecular formula is C19H25NO5. The fourth-order valence-corrected chi connectivity index (χ4v) is 2.22. The van der Waals surface area contributed by atoms with E-state index in [1.165, 1.54) is 13.0 Å². The molecule has 0 radical (unpaired) electrons. The van der Waals surface area contributed by atoms with Crippen molar-refractivity contribution in [3.05, 3.63) is 48.0 Å². The Kier molecular flexibility index (Phi) is 9.17. The molecule has 1 aromatic carbocycles. The average Bonchev–Trinajstić information content (AvgIpc) is 2.60. The van der Waals surface area contributed by atoms with Crippen molar-refractivity contribution in [2.75, 3.05) is 6.61 Å². The molecule has 0 fully saturated rings. The van der Waals surface area contributed by atoms with Gasteiger partial charge in [0.15, 0.2) is 0 Å². The Morgan fingerprint density at radius 1 is 1.24 bits per heavy atom. The van der Waals surface area contributed by atoms with E-state index in [2.05, 4.69) is 5.16 Å². The molecule has 1 rings (SSSR count). The Morgan fingerprint density at radius 3 is 2.48 bits per heavy atom. The summed E-state index contributed by atoms with van der Waals surface area (Å²) in [6.45, 7) is 5.14. The van der Waals surface area contributed by atoms with Crippen LogP contribution in [0.3, 0.4) is 0 Å². The van der Waals surface area contributed by atoms with Gasteiger partial charge in [-0.25, -0.2) is 9.59 Å². The zero-order chi connectivity index (χ0) is 18.7. The van der Waals surface area contributed by atoms with E-state index in [9.17, 15) is 14.7 Å². The van der Waals surface area contributed by atoms with Gasteiger partial charge in [0.05, 0.1) is 12.3 Å². The maximum Gasteiger partial charge on any atom is 0.331 e. The van der Waals surface area contributed by atoms with Crippen molar-refractivity contribution in [3.8, 4) is 0 Å². The van der Waals surface area contributed by atoms with Crippen LogP contribution in [0.15, 0.2) is 47.6 Å². The summed E-state index contributed by atoms with van der Waals surface area (Å²) in [4.78, 5) is 27.3. The standard InChI is InChI=1S/C19H25NO5/c1-4-16(11-12-18(22)24-5-2)19(23)17(20-25-14(3)21)13-15-9-7-6-8-10-15/h6-12,16,19,23H,4-5,13H2,1-3H3/b12-11+,20-17+/t16-,19-/m1/s1. The summed E-state index contributed by atoms with van der Waals surface area (Å²) in [5.74, 6) is -1.38. The summed E-state index contributed by atoms with van der Waals surface area (Å²) in [6.07, 6.45) is 2.81. The van der Waals surface area contributed by atoms with Gasteiger partial charge in [0, 0.05) is 25.3 Å². The average molecular weight is 347 g/mol. The first-order chi connectivity index (χ1) is 12.0. The van der Waals surface area contributed by atoms with Gasteiger partial charge in [-0.3, -0.25) is 0 Å². The molecule has 0 aromatic heterocycles. The maximum atomic E-state index is 11.5. The summed E-state index contributed by atoms with van der Waals surface area (Å²) in [5, 5.41) is 14.5. The van der Waals surface area contributed by atoms with Crippen LogP contribution in [0.5, 0.6) is 0 Å². The number of aliphatic hydroxyl groups excluding tert-OH is 1. The van der Waals surface area contributed by atoms with Gasteiger partial charge < -0.3 is 14.7 Å². The lowest BCUT2D eigenvalue weighted by Crippen LogP contribution is -2.30. The number of benzene rings is 1. The highest BCUT2D eigenvalue weighted by Crippen LogP contribution is 2.16. The summed E-state index contributed by atoms with van der Waals surface area (Å²) < 4.78 is 4.84. The number of rotatable bonds is 9. The molecule has 1 aromatic rings. The lowest BCUT2D eigenvalue weighted by Gasteiger charge is -2.20. The molecule has 0 saturated heterocycles. The predicted octanol–water partition coefficient (Wildman–Crippen LogP) is 2.65. The first kappa shape index (κ1) is 20.6. The van der Waals surface area contributed by atoms with Crippen molar-refractivity contribution in [2.45, 2.75) is 39.7 Å². The molecule has 0 spiro atoms. The lowest BCUT2D eigenvalue weighted by atomic mass is 9.92. The Bertz CT molecular complexity index is 610. The molecule has 0 aliphatic heterocycles. The molecule has 25 heavy (non-hydrogen) atoms. The number of nitrogens with zero attached hydrogens (tertiary/aromatic N) is 1. The van der Waals surface area contributed by atoms with Gasteiger partial charge in [-0.05, 0) is 18.9 Å². The number of ether oxygens (including phenoxy) is 1. The topological polar surface area (TPSA) is 85.2 Å². The Morgan fingerprint density at radius 2 is 1.92 bits per heavy atom. The molecule has 1 N–H and O–H groups in total. The largest absolute Gasteiger partial charge is 0.463 e. The molecule has 0 saturated carbocycles.